The Morgan fingerprint density at radius 3 is 2.71 bits per heavy atom. The second-order valence-corrected chi connectivity index (χ2v) is 6.86. The van der Waals surface area contributed by atoms with Crippen molar-refractivity contribution in [1.82, 2.24) is 4.98 Å². The Morgan fingerprint density at radius 1 is 1.38 bits per heavy atom. The maximum Gasteiger partial charge on any atom is 0.263 e. The molecule has 9 heteroatoms. The van der Waals surface area contributed by atoms with Gasteiger partial charge in [0.25, 0.3) is 10.0 Å². The molecular weight excluding hydrogens is 387 g/mol. The molecule has 2 rings (SSSR count). The number of rotatable bonds is 4. The summed E-state index contributed by atoms with van der Waals surface area (Å²) in [4.78, 5) is 3.68. The van der Waals surface area contributed by atoms with E-state index in [0.717, 1.165) is 18.2 Å². The zero-order valence-corrected chi connectivity index (χ0v) is 13.8. The van der Waals surface area contributed by atoms with Crippen LogP contribution in [0.25, 0.3) is 0 Å². The molecule has 0 aliphatic carbocycles. The Kier molecular flexibility index (Phi) is 4.70. The van der Waals surface area contributed by atoms with Crippen LogP contribution < -0.4 is 9.46 Å². The molecule has 0 saturated carbocycles. The zero-order chi connectivity index (χ0) is 15.6. The first-order valence-electron chi connectivity index (χ1n) is 5.51. The average Bonchev–Trinajstić information content (AvgIpc) is 2.37. The number of halogens is 3. The maximum atomic E-state index is 13.0. The van der Waals surface area contributed by atoms with Gasteiger partial charge in [-0.25, -0.2) is 17.8 Å². The molecule has 1 N–H and O–H groups in total. The molecule has 0 spiro atoms. The molecule has 0 fully saturated rings. The topological polar surface area (TPSA) is 68.3 Å². The van der Waals surface area contributed by atoms with Gasteiger partial charge in [0.2, 0.25) is 5.88 Å². The van der Waals surface area contributed by atoms with Crippen molar-refractivity contribution in [3.8, 4) is 5.88 Å². The lowest BCUT2D eigenvalue weighted by atomic mass is 10.3. The van der Waals surface area contributed by atoms with Crippen molar-refractivity contribution < 1.29 is 17.5 Å². The number of anilines is 1. The van der Waals surface area contributed by atoms with Gasteiger partial charge in [-0.05, 0) is 40.2 Å². The molecule has 21 heavy (non-hydrogen) atoms. The van der Waals surface area contributed by atoms with E-state index >= 15 is 0 Å². The Balaban J connectivity index is 2.44. The van der Waals surface area contributed by atoms with Gasteiger partial charge in [-0.1, -0.05) is 11.6 Å². The van der Waals surface area contributed by atoms with E-state index in [1.54, 1.807) is 0 Å². The Hall–Kier alpha value is -1.38. The largest absolute Gasteiger partial charge is 0.479 e. The molecule has 1 heterocycles. The number of nitrogens with one attached hydrogen (secondary N) is 1. The van der Waals surface area contributed by atoms with Crippen LogP contribution in [0.4, 0.5) is 10.1 Å². The maximum absolute atomic E-state index is 13.0. The molecule has 0 aliphatic rings. The molecule has 0 bridgehead atoms. The first kappa shape index (κ1) is 16.0. The summed E-state index contributed by atoms with van der Waals surface area (Å²) in [6.07, 6.45) is 1.46. The number of benzene rings is 1. The van der Waals surface area contributed by atoms with Crippen LogP contribution in [-0.2, 0) is 10.0 Å². The van der Waals surface area contributed by atoms with Crippen molar-refractivity contribution in [2.75, 3.05) is 11.8 Å². The van der Waals surface area contributed by atoms with E-state index < -0.39 is 15.8 Å². The molecule has 0 radical (unpaired) electrons. The van der Waals surface area contributed by atoms with E-state index in [1.807, 2.05) is 0 Å². The first-order valence-corrected chi connectivity index (χ1v) is 8.16. The van der Waals surface area contributed by atoms with Crippen LogP contribution in [0.5, 0.6) is 5.88 Å². The quantitative estimate of drug-likeness (QED) is 0.861. The van der Waals surface area contributed by atoms with E-state index in [9.17, 15) is 12.8 Å². The number of methoxy groups -OCH3 is 1. The Bertz CT molecular complexity index is 786. The van der Waals surface area contributed by atoms with Crippen LogP contribution in [0.1, 0.15) is 0 Å². The molecule has 0 atom stereocenters. The summed E-state index contributed by atoms with van der Waals surface area (Å²) >= 11 is 8.95. The minimum Gasteiger partial charge on any atom is -0.479 e. The van der Waals surface area contributed by atoms with E-state index in [1.165, 1.54) is 19.4 Å². The molecule has 2 aromatic rings. The second-order valence-electron chi connectivity index (χ2n) is 3.89. The molecule has 1 aromatic heterocycles. The number of sulfonamides is 1. The van der Waals surface area contributed by atoms with Gasteiger partial charge in [0.15, 0.2) is 0 Å². The van der Waals surface area contributed by atoms with Crippen molar-refractivity contribution in [2.24, 2.45) is 0 Å². The number of hydrogen-bond acceptors (Lipinski definition) is 4. The van der Waals surface area contributed by atoms with Gasteiger partial charge in [-0.3, -0.25) is 4.72 Å². The summed E-state index contributed by atoms with van der Waals surface area (Å²) in [5.74, 6) is -0.527. The minimum absolute atomic E-state index is 0.0972. The molecule has 0 unspecified atom stereocenters. The fourth-order valence-electron chi connectivity index (χ4n) is 1.56. The molecule has 0 saturated heterocycles. The summed E-state index contributed by atoms with van der Waals surface area (Å²) in [6, 6.07) is 4.50. The fraction of sp³-hybridized carbons (Fsp3) is 0.0833. The predicted octanol–water partition coefficient (Wildman–Crippen LogP) is 3.45. The standard InChI is InChI=1S/C12H9BrClFN2O3S/c1-20-12-10(4-7(13)6-16-12)17-21(18,19)11-3-2-8(15)5-9(11)14/h2-6,17H,1H3. The van der Waals surface area contributed by atoms with Crippen LogP contribution in [0, 0.1) is 5.82 Å². The van der Waals surface area contributed by atoms with Gasteiger partial charge < -0.3 is 4.74 Å². The van der Waals surface area contributed by atoms with E-state index in [0.29, 0.717) is 4.47 Å². The highest BCUT2D eigenvalue weighted by Crippen LogP contribution is 2.29. The van der Waals surface area contributed by atoms with Crippen LogP contribution in [-0.4, -0.2) is 20.5 Å². The lowest BCUT2D eigenvalue weighted by Gasteiger charge is -2.12. The predicted molar refractivity (Wildman–Crippen MR) is 80.7 cm³/mol. The Morgan fingerprint density at radius 2 is 2.10 bits per heavy atom. The fourth-order valence-corrected chi connectivity index (χ4v) is 3.47. The van der Waals surface area contributed by atoms with E-state index in [2.05, 4.69) is 25.6 Å². The number of nitrogens with zero attached hydrogens (tertiary/aromatic N) is 1. The molecule has 1 aromatic carbocycles. The average molecular weight is 396 g/mol. The second kappa shape index (κ2) is 6.17. The van der Waals surface area contributed by atoms with Crippen molar-refractivity contribution >= 4 is 43.2 Å². The molecular formula is C12H9BrClFN2O3S. The van der Waals surface area contributed by atoms with Gasteiger partial charge in [0.05, 0.1) is 12.1 Å². The molecule has 0 aliphatic heterocycles. The summed E-state index contributed by atoms with van der Waals surface area (Å²) in [6.45, 7) is 0. The summed E-state index contributed by atoms with van der Waals surface area (Å²) < 4.78 is 45.4. The highest BCUT2D eigenvalue weighted by atomic mass is 79.9. The zero-order valence-electron chi connectivity index (χ0n) is 10.6. The number of ether oxygens (including phenoxy) is 1. The normalized spacial score (nSPS) is 11.2. The Labute approximate surface area is 134 Å². The van der Waals surface area contributed by atoms with Crippen LogP contribution in [0.3, 0.4) is 0 Å². The van der Waals surface area contributed by atoms with Gasteiger partial charge in [0.1, 0.15) is 16.4 Å². The van der Waals surface area contributed by atoms with Crippen LogP contribution in [0.15, 0.2) is 39.8 Å². The third kappa shape index (κ3) is 3.63. The van der Waals surface area contributed by atoms with Gasteiger partial charge in [-0.15, -0.1) is 0 Å². The third-order valence-corrected chi connectivity index (χ3v) is 4.72. The smallest absolute Gasteiger partial charge is 0.263 e. The molecule has 5 nitrogen and oxygen atoms in total. The number of pyridine rings is 1. The number of aromatic nitrogens is 1. The molecule has 112 valence electrons. The van der Waals surface area contributed by atoms with Gasteiger partial charge >= 0.3 is 0 Å². The summed E-state index contributed by atoms with van der Waals surface area (Å²) in [5.41, 5.74) is 0.132. The highest BCUT2D eigenvalue weighted by molar-refractivity contribution is 9.10. The summed E-state index contributed by atoms with van der Waals surface area (Å²) in [7, 11) is -2.64. The van der Waals surface area contributed by atoms with Crippen molar-refractivity contribution in [3.05, 3.63) is 45.8 Å². The monoisotopic (exact) mass is 394 g/mol. The van der Waals surface area contributed by atoms with Crippen molar-refractivity contribution in [1.29, 1.82) is 0 Å². The van der Waals surface area contributed by atoms with E-state index in [-0.39, 0.29) is 21.5 Å². The number of hydrogen-bond donors (Lipinski definition) is 1. The molecule has 0 amide bonds. The van der Waals surface area contributed by atoms with Crippen molar-refractivity contribution in [2.45, 2.75) is 4.90 Å². The van der Waals surface area contributed by atoms with Crippen molar-refractivity contribution in [3.63, 3.8) is 0 Å². The highest BCUT2D eigenvalue weighted by Gasteiger charge is 2.20. The van der Waals surface area contributed by atoms with Crippen LogP contribution >= 0.6 is 27.5 Å². The van der Waals surface area contributed by atoms with Crippen LogP contribution in [0.2, 0.25) is 5.02 Å². The summed E-state index contributed by atoms with van der Waals surface area (Å²) in [5, 5.41) is -0.218. The SMILES string of the molecule is COc1ncc(Br)cc1NS(=O)(=O)c1ccc(F)cc1Cl. The van der Waals surface area contributed by atoms with Gasteiger partial charge in [0, 0.05) is 10.7 Å². The lowest BCUT2D eigenvalue weighted by molar-refractivity contribution is 0.400. The lowest BCUT2D eigenvalue weighted by Crippen LogP contribution is -2.14. The first-order chi connectivity index (χ1) is 9.83. The minimum atomic E-state index is -4.00. The van der Waals surface area contributed by atoms with Gasteiger partial charge in [-0.2, -0.15) is 0 Å². The van der Waals surface area contributed by atoms with E-state index in [4.69, 9.17) is 16.3 Å². The third-order valence-electron chi connectivity index (χ3n) is 2.44.